The van der Waals surface area contributed by atoms with Gasteiger partial charge in [-0.3, -0.25) is 4.90 Å². The Balaban J connectivity index is 1.81. The third-order valence-corrected chi connectivity index (χ3v) is 5.86. The standard InChI is InChI=1S/C16H27NO2S2/c1-11(2)20-16-6-5-15(21-16)14(18)7-8-17-9-12(3)19-13(4)10-17/h5-6,11-14,18H,7-10H2,1-4H3. The Morgan fingerprint density at radius 2 is 2.00 bits per heavy atom. The maximum atomic E-state index is 10.4. The average molecular weight is 330 g/mol. The van der Waals surface area contributed by atoms with Crippen LogP contribution in [0, 0.1) is 0 Å². The molecule has 2 heterocycles. The predicted molar refractivity (Wildman–Crippen MR) is 91.3 cm³/mol. The van der Waals surface area contributed by atoms with Crippen LogP contribution in [0.4, 0.5) is 0 Å². The van der Waals surface area contributed by atoms with Crippen LogP contribution in [0.15, 0.2) is 16.3 Å². The molecule has 21 heavy (non-hydrogen) atoms. The highest BCUT2D eigenvalue weighted by atomic mass is 32.2. The molecule has 1 fully saturated rings. The van der Waals surface area contributed by atoms with E-state index in [0.717, 1.165) is 30.9 Å². The van der Waals surface area contributed by atoms with Crippen LogP contribution in [0.3, 0.4) is 0 Å². The molecule has 5 heteroatoms. The molecule has 0 aromatic carbocycles. The van der Waals surface area contributed by atoms with Crippen LogP contribution in [-0.4, -0.2) is 47.1 Å². The minimum Gasteiger partial charge on any atom is -0.388 e. The number of thioether (sulfide) groups is 1. The summed E-state index contributed by atoms with van der Waals surface area (Å²) < 4.78 is 7.04. The summed E-state index contributed by atoms with van der Waals surface area (Å²) in [5.74, 6) is 0. The molecular formula is C16H27NO2S2. The van der Waals surface area contributed by atoms with Crippen LogP contribution < -0.4 is 0 Å². The van der Waals surface area contributed by atoms with Gasteiger partial charge in [-0.15, -0.1) is 23.1 Å². The molecule has 0 saturated carbocycles. The number of rotatable bonds is 6. The number of aliphatic hydroxyl groups excluding tert-OH is 1. The number of morpholine rings is 1. The molecule has 120 valence electrons. The van der Waals surface area contributed by atoms with Gasteiger partial charge < -0.3 is 9.84 Å². The third-order valence-electron chi connectivity index (χ3n) is 3.50. The van der Waals surface area contributed by atoms with E-state index in [4.69, 9.17) is 4.74 Å². The number of ether oxygens (including phenoxy) is 1. The monoisotopic (exact) mass is 329 g/mol. The van der Waals surface area contributed by atoms with E-state index in [1.165, 1.54) is 4.21 Å². The summed E-state index contributed by atoms with van der Waals surface area (Å²) >= 11 is 3.59. The second-order valence-corrected chi connectivity index (χ2v) is 9.14. The zero-order valence-electron chi connectivity index (χ0n) is 13.4. The molecule has 1 saturated heterocycles. The van der Waals surface area contributed by atoms with E-state index >= 15 is 0 Å². The van der Waals surface area contributed by atoms with Crippen molar-refractivity contribution in [3.63, 3.8) is 0 Å². The van der Waals surface area contributed by atoms with E-state index in [-0.39, 0.29) is 6.10 Å². The van der Waals surface area contributed by atoms with Crippen molar-refractivity contribution < 1.29 is 9.84 Å². The molecule has 1 aromatic heterocycles. The Bertz CT molecular complexity index is 426. The second kappa shape index (κ2) is 7.97. The Labute approximate surface area is 136 Å². The summed E-state index contributed by atoms with van der Waals surface area (Å²) in [6.45, 7) is 11.5. The smallest absolute Gasteiger partial charge is 0.0894 e. The van der Waals surface area contributed by atoms with E-state index in [9.17, 15) is 5.11 Å². The molecule has 1 aliphatic heterocycles. The lowest BCUT2D eigenvalue weighted by Crippen LogP contribution is -2.45. The Kier molecular flexibility index (Phi) is 6.56. The van der Waals surface area contributed by atoms with Crippen molar-refractivity contribution in [3.8, 4) is 0 Å². The molecule has 3 atom stereocenters. The Morgan fingerprint density at radius 1 is 1.33 bits per heavy atom. The summed E-state index contributed by atoms with van der Waals surface area (Å²) in [7, 11) is 0. The molecule has 3 unspecified atom stereocenters. The van der Waals surface area contributed by atoms with Gasteiger partial charge in [0.15, 0.2) is 0 Å². The third kappa shape index (κ3) is 5.57. The summed E-state index contributed by atoms with van der Waals surface area (Å²) in [6, 6.07) is 4.21. The zero-order valence-corrected chi connectivity index (χ0v) is 15.0. The lowest BCUT2D eigenvalue weighted by molar-refractivity contribution is -0.0702. The van der Waals surface area contributed by atoms with Crippen molar-refractivity contribution in [2.24, 2.45) is 0 Å². The zero-order chi connectivity index (χ0) is 15.4. The van der Waals surface area contributed by atoms with Gasteiger partial charge in [-0.25, -0.2) is 0 Å². The molecule has 0 radical (unpaired) electrons. The van der Waals surface area contributed by atoms with Crippen molar-refractivity contribution in [2.45, 2.75) is 61.9 Å². The molecule has 0 spiro atoms. The number of nitrogens with zero attached hydrogens (tertiary/aromatic N) is 1. The lowest BCUT2D eigenvalue weighted by Gasteiger charge is -2.35. The number of hydrogen-bond acceptors (Lipinski definition) is 5. The van der Waals surface area contributed by atoms with Gasteiger partial charge in [0.25, 0.3) is 0 Å². The molecule has 1 N–H and O–H groups in total. The minimum absolute atomic E-state index is 0.293. The first-order valence-corrected chi connectivity index (χ1v) is 9.46. The van der Waals surface area contributed by atoms with Gasteiger partial charge in [-0.1, -0.05) is 13.8 Å². The molecule has 2 rings (SSSR count). The number of hydrogen-bond donors (Lipinski definition) is 1. The number of aliphatic hydroxyl groups is 1. The highest BCUT2D eigenvalue weighted by molar-refractivity contribution is 8.01. The first-order valence-electron chi connectivity index (χ1n) is 7.76. The van der Waals surface area contributed by atoms with Gasteiger partial charge in [-0.05, 0) is 32.4 Å². The maximum Gasteiger partial charge on any atom is 0.0894 e. The van der Waals surface area contributed by atoms with Gasteiger partial charge in [0.05, 0.1) is 22.5 Å². The van der Waals surface area contributed by atoms with E-state index in [0.29, 0.717) is 17.5 Å². The van der Waals surface area contributed by atoms with E-state index in [1.807, 2.05) is 11.8 Å². The first kappa shape index (κ1) is 17.3. The van der Waals surface area contributed by atoms with Crippen molar-refractivity contribution in [2.75, 3.05) is 19.6 Å². The van der Waals surface area contributed by atoms with Crippen LogP contribution in [-0.2, 0) is 4.74 Å². The minimum atomic E-state index is -0.343. The molecule has 0 amide bonds. The van der Waals surface area contributed by atoms with E-state index in [1.54, 1.807) is 11.3 Å². The first-order chi connectivity index (χ1) is 9.94. The van der Waals surface area contributed by atoms with Gasteiger partial charge in [0, 0.05) is 29.8 Å². The molecule has 1 aromatic rings. The van der Waals surface area contributed by atoms with Crippen LogP contribution in [0.25, 0.3) is 0 Å². The average Bonchev–Trinajstić information content (AvgIpc) is 2.82. The SMILES string of the molecule is CC1CN(CCC(O)c2ccc(SC(C)C)s2)CC(C)O1. The molecule has 3 nitrogen and oxygen atoms in total. The van der Waals surface area contributed by atoms with Gasteiger partial charge >= 0.3 is 0 Å². The van der Waals surface area contributed by atoms with Crippen LogP contribution >= 0.6 is 23.1 Å². The summed E-state index contributed by atoms with van der Waals surface area (Å²) in [5.41, 5.74) is 0. The summed E-state index contributed by atoms with van der Waals surface area (Å²) in [4.78, 5) is 3.49. The van der Waals surface area contributed by atoms with Crippen LogP contribution in [0.1, 0.15) is 45.1 Å². The summed E-state index contributed by atoms with van der Waals surface area (Å²) in [6.07, 6.45) is 1.04. The molecular weight excluding hydrogens is 302 g/mol. The molecule has 0 bridgehead atoms. The molecule has 0 aliphatic carbocycles. The normalized spacial score (nSPS) is 25.4. The van der Waals surface area contributed by atoms with Crippen molar-refractivity contribution in [1.29, 1.82) is 0 Å². The van der Waals surface area contributed by atoms with Crippen molar-refractivity contribution >= 4 is 23.1 Å². The van der Waals surface area contributed by atoms with Gasteiger partial charge in [-0.2, -0.15) is 0 Å². The van der Waals surface area contributed by atoms with E-state index < -0.39 is 0 Å². The summed E-state index contributed by atoms with van der Waals surface area (Å²) in [5, 5.41) is 11.0. The Morgan fingerprint density at radius 3 is 2.62 bits per heavy atom. The molecule has 1 aliphatic rings. The van der Waals surface area contributed by atoms with Gasteiger partial charge in [0.2, 0.25) is 0 Å². The quantitative estimate of drug-likeness (QED) is 0.805. The highest BCUT2D eigenvalue weighted by Gasteiger charge is 2.22. The fraction of sp³-hybridized carbons (Fsp3) is 0.750. The Hall–Kier alpha value is -0.0700. The maximum absolute atomic E-state index is 10.4. The lowest BCUT2D eigenvalue weighted by atomic mass is 10.1. The van der Waals surface area contributed by atoms with Gasteiger partial charge in [0.1, 0.15) is 0 Å². The van der Waals surface area contributed by atoms with Crippen molar-refractivity contribution in [3.05, 3.63) is 17.0 Å². The second-order valence-electron chi connectivity index (χ2n) is 6.14. The van der Waals surface area contributed by atoms with E-state index in [2.05, 4.69) is 44.7 Å². The largest absolute Gasteiger partial charge is 0.388 e. The number of thiophene rings is 1. The van der Waals surface area contributed by atoms with Crippen molar-refractivity contribution in [1.82, 2.24) is 4.90 Å². The fourth-order valence-electron chi connectivity index (χ4n) is 2.72. The fourth-order valence-corrected chi connectivity index (χ4v) is 5.15. The van der Waals surface area contributed by atoms with Crippen LogP contribution in [0.5, 0.6) is 0 Å². The highest BCUT2D eigenvalue weighted by Crippen LogP contribution is 2.34. The topological polar surface area (TPSA) is 32.7 Å². The predicted octanol–water partition coefficient (Wildman–Crippen LogP) is 3.78. The van der Waals surface area contributed by atoms with Crippen LogP contribution in [0.2, 0.25) is 0 Å².